The number of thiazole rings is 1. The van der Waals surface area contributed by atoms with E-state index in [-0.39, 0.29) is 11.7 Å². The molecule has 222 valence electrons. The second-order valence-electron chi connectivity index (χ2n) is 10.1. The van der Waals surface area contributed by atoms with E-state index < -0.39 is 12.0 Å². The molecule has 0 spiro atoms. The van der Waals surface area contributed by atoms with Gasteiger partial charge in [-0.25, -0.2) is 9.79 Å². The molecule has 10 heteroatoms. The fraction of sp³-hybridized carbons (Fsp3) is 0.242. The van der Waals surface area contributed by atoms with Crippen molar-refractivity contribution in [1.29, 1.82) is 0 Å². The van der Waals surface area contributed by atoms with E-state index in [9.17, 15) is 9.59 Å². The summed E-state index contributed by atoms with van der Waals surface area (Å²) in [6.45, 7) is 8.09. The number of hydrogen-bond donors (Lipinski definition) is 0. The van der Waals surface area contributed by atoms with Gasteiger partial charge < -0.3 is 14.2 Å². The Morgan fingerprint density at radius 3 is 2.35 bits per heavy atom. The number of esters is 1. The summed E-state index contributed by atoms with van der Waals surface area (Å²) < 4.78 is 19.1. The van der Waals surface area contributed by atoms with E-state index in [4.69, 9.17) is 37.4 Å². The summed E-state index contributed by atoms with van der Waals surface area (Å²) in [6, 6.07) is 19.4. The first-order valence-corrected chi connectivity index (χ1v) is 15.3. The summed E-state index contributed by atoms with van der Waals surface area (Å²) in [5, 5.41) is 1.11. The van der Waals surface area contributed by atoms with Gasteiger partial charge in [-0.3, -0.25) is 9.36 Å². The standard InChI is InChI=1S/C33H30Cl2N2O5S/c1-5-40-25-14-9-22(10-15-25)30-29(32(39)42-19(2)3)20(4)36-33-37(30)31(38)28(43-33)16-21-6-12-26(13-7-21)41-18-23-8-11-24(34)17-27(23)35/h6-17,19,30H,5,18H2,1-4H3/b28-16+/t30-/m1/s1. The molecule has 0 bridgehead atoms. The van der Waals surface area contributed by atoms with E-state index in [1.54, 1.807) is 37.5 Å². The molecule has 1 aromatic heterocycles. The zero-order valence-corrected chi connectivity index (χ0v) is 26.4. The summed E-state index contributed by atoms with van der Waals surface area (Å²) >= 11 is 13.5. The molecule has 0 N–H and O–H groups in total. The maximum atomic E-state index is 13.9. The number of hydrogen-bond acceptors (Lipinski definition) is 7. The topological polar surface area (TPSA) is 79.1 Å². The zero-order chi connectivity index (χ0) is 30.7. The van der Waals surface area contributed by atoms with Gasteiger partial charge in [-0.15, -0.1) is 0 Å². The zero-order valence-electron chi connectivity index (χ0n) is 24.1. The first kappa shape index (κ1) is 30.6. The van der Waals surface area contributed by atoms with Crippen LogP contribution in [0.4, 0.5) is 0 Å². The minimum Gasteiger partial charge on any atom is -0.494 e. The molecule has 4 aromatic rings. The molecule has 43 heavy (non-hydrogen) atoms. The fourth-order valence-electron chi connectivity index (χ4n) is 4.70. The van der Waals surface area contributed by atoms with Crippen molar-refractivity contribution < 1.29 is 19.0 Å². The number of benzene rings is 3. The molecule has 0 fully saturated rings. The maximum Gasteiger partial charge on any atom is 0.338 e. The number of carbonyl (C=O) groups excluding carboxylic acids is 1. The number of ether oxygens (including phenoxy) is 3. The van der Waals surface area contributed by atoms with E-state index in [0.29, 0.717) is 55.4 Å². The molecular weight excluding hydrogens is 607 g/mol. The number of carbonyl (C=O) groups is 1. The maximum absolute atomic E-state index is 13.9. The van der Waals surface area contributed by atoms with Gasteiger partial charge in [-0.05, 0) is 81.3 Å². The van der Waals surface area contributed by atoms with E-state index in [1.165, 1.54) is 11.3 Å². The van der Waals surface area contributed by atoms with Crippen molar-refractivity contribution >= 4 is 46.6 Å². The van der Waals surface area contributed by atoms with Crippen LogP contribution in [0.5, 0.6) is 11.5 Å². The molecule has 7 nitrogen and oxygen atoms in total. The molecule has 1 aliphatic heterocycles. The summed E-state index contributed by atoms with van der Waals surface area (Å²) in [6.07, 6.45) is 1.48. The molecule has 0 radical (unpaired) electrons. The lowest BCUT2D eigenvalue weighted by molar-refractivity contribution is -0.143. The van der Waals surface area contributed by atoms with Crippen molar-refractivity contribution in [2.45, 2.75) is 46.4 Å². The Labute approximate surface area is 263 Å². The molecular formula is C33H30Cl2N2O5S. The van der Waals surface area contributed by atoms with Crippen molar-refractivity contribution in [3.05, 3.63) is 124 Å². The van der Waals surface area contributed by atoms with E-state index in [0.717, 1.165) is 16.7 Å². The number of fused-ring (bicyclic) bond motifs is 1. The lowest BCUT2D eigenvalue weighted by Gasteiger charge is -2.25. The van der Waals surface area contributed by atoms with Crippen LogP contribution in [0.25, 0.3) is 6.08 Å². The summed E-state index contributed by atoms with van der Waals surface area (Å²) in [5.74, 6) is 0.860. The average molecular weight is 638 g/mol. The number of nitrogens with zero attached hydrogens (tertiary/aromatic N) is 2. The van der Waals surface area contributed by atoms with Crippen LogP contribution < -0.4 is 24.4 Å². The predicted octanol–water partition coefficient (Wildman–Crippen LogP) is 6.47. The Balaban J connectivity index is 1.48. The quantitative estimate of drug-likeness (QED) is 0.197. The third kappa shape index (κ3) is 6.88. The highest BCUT2D eigenvalue weighted by Crippen LogP contribution is 2.32. The Morgan fingerprint density at radius 2 is 1.70 bits per heavy atom. The van der Waals surface area contributed by atoms with Crippen LogP contribution >= 0.6 is 34.5 Å². The minimum atomic E-state index is -0.698. The smallest absolute Gasteiger partial charge is 0.338 e. The van der Waals surface area contributed by atoms with Crippen molar-refractivity contribution in [3.8, 4) is 11.5 Å². The number of halogens is 2. The van der Waals surface area contributed by atoms with Gasteiger partial charge in [-0.2, -0.15) is 0 Å². The Bertz CT molecular complexity index is 1860. The van der Waals surface area contributed by atoms with Gasteiger partial charge in [0.25, 0.3) is 5.56 Å². The highest BCUT2D eigenvalue weighted by atomic mass is 35.5. The Morgan fingerprint density at radius 1 is 1.02 bits per heavy atom. The number of aromatic nitrogens is 1. The first-order valence-electron chi connectivity index (χ1n) is 13.8. The molecule has 1 atom stereocenters. The normalized spacial score (nSPS) is 14.9. The monoisotopic (exact) mass is 636 g/mol. The van der Waals surface area contributed by atoms with Crippen molar-refractivity contribution in [2.24, 2.45) is 4.99 Å². The molecule has 0 amide bonds. The van der Waals surface area contributed by atoms with E-state index >= 15 is 0 Å². The Kier molecular flexibility index (Phi) is 9.40. The lowest BCUT2D eigenvalue weighted by Crippen LogP contribution is -2.40. The van der Waals surface area contributed by atoms with Crippen LogP contribution in [0, 0.1) is 0 Å². The number of rotatable bonds is 9. The molecule has 2 heterocycles. The summed E-state index contributed by atoms with van der Waals surface area (Å²) in [4.78, 5) is 32.3. The predicted molar refractivity (Wildman–Crippen MR) is 170 cm³/mol. The van der Waals surface area contributed by atoms with Crippen molar-refractivity contribution in [2.75, 3.05) is 6.61 Å². The molecule has 0 unspecified atom stereocenters. The van der Waals surface area contributed by atoms with Gasteiger partial charge in [0.05, 0.1) is 34.6 Å². The highest BCUT2D eigenvalue weighted by Gasteiger charge is 2.33. The average Bonchev–Trinajstić information content (AvgIpc) is 3.26. The third-order valence-electron chi connectivity index (χ3n) is 6.68. The number of allylic oxidation sites excluding steroid dienone is 1. The van der Waals surface area contributed by atoms with Crippen LogP contribution in [0.2, 0.25) is 10.0 Å². The second-order valence-corrected chi connectivity index (χ2v) is 12.0. The highest BCUT2D eigenvalue weighted by molar-refractivity contribution is 7.07. The van der Waals surface area contributed by atoms with Gasteiger partial charge >= 0.3 is 5.97 Å². The summed E-state index contributed by atoms with van der Waals surface area (Å²) in [7, 11) is 0. The van der Waals surface area contributed by atoms with Crippen LogP contribution in [0.3, 0.4) is 0 Å². The van der Waals surface area contributed by atoms with Crippen molar-refractivity contribution in [1.82, 2.24) is 4.57 Å². The second kappa shape index (κ2) is 13.2. The molecule has 0 aliphatic carbocycles. The molecule has 3 aromatic carbocycles. The third-order valence-corrected chi connectivity index (χ3v) is 8.25. The van der Waals surface area contributed by atoms with Crippen LogP contribution in [-0.4, -0.2) is 23.2 Å². The van der Waals surface area contributed by atoms with Crippen LogP contribution in [0.1, 0.15) is 50.4 Å². The lowest BCUT2D eigenvalue weighted by atomic mass is 9.96. The van der Waals surface area contributed by atoms with Crippen LogP contribution in [-0.2, 0) is 16.1 Å². The molecule has 0 saturated carbocycles. The summed E-state index contributed by atoms with van der Waals surface area (Å²) in [5.41, 5.74) is 2.99. The first-order chi connectivity index (χ1) is 20.6. The van der Waals surface area contributed by atoms with Gasteiger partial charge in [0.15, 0.2) is 4.80 Å². The fourth-order valence-corrected chi connectivity index (χ4v) is 6.21. The largest absolute Gasteiger partial charge is 0.494 e. The van der Waals surface area contributed by atoms with Gasteiger partial charge in [0, 0.05) is 15.6 Å². The van der Waals surface area contributed by atoms with E-state index in [2.05, 4.69) is 4.99 Å². The minimum absolute atomic E-state index is 0.248. The molecule has 0 saturated heterocycles. The van der Waals surface area contributed by atoms with E-state index in [1.807, 2.05) is 67.6 Å². The molecule has 5 rings (SSSR count). The van der Waals surface area contributed by atoms with Crippen LogP contribution in [0.15, 0.2) is 87.8 Å². The van der Waals surface area contributed by atoms with Gasteiger partial charge in [0.2, 0.25) is 0 Å². The van der Waals surface area contributed by atoms with Gasteiger partial charge in [-0.1, -0.05) is 64.9 Å². The van der Waals surface area contributed by atoms with Crippen molar-refractivity contribution in [3.63, 3.8) is 0 Å². The Hall–Kier alpha value is -3.85. The van der Waals surface area contributed by atoms with Gasteiger partial charge in [0.1, 0.15) is 18.1 Å². The molecule has 1 aliphatic rings. The SMILES string of the molecule is CCOc1ccc([C@@H]2C(C(=O)OC(C)C)=C(C)N=c3s/c(=C/c4ccc(OCc5ccc(Cl)cc5Cl)cc4)c(=O)n32)cc1.